The molecule has 0 aromatic carbocycles. The number of aliphatic hydroxyl groups is 1. The molecule has 1 aromatic heterocycles. The number of β-lactam (4-membered cyclic amide) rings is 1. The van der Waals surface area contributed by atoms with Crippen LogP contribution in [0.15, 0.2) is 21.5 Å². The highest BCUT2D eigenvalue weighted by molar-refractivity contribution is 8.06. The number of aliphatic hydroxyl groups excluding tert-OH is 1. The van der Waals surface area contributed by atoms with E-state index in [1.165, 1.54) is 28.0 Å². The minimum atomic E-state index is -1.15. The first kappa shape index (κ1) is 20.1. The molecule has 3 aliphatic heterocycles. The highest BCUT2D eigenvalue weighted by atomic mass is 32.2. The average Bonchev–Trinajstić information content (AvgIpc) is 3.15. The summed E-state index contributed by atoms with van der Waals surface area (Å²) in [6.45, 7) is 4.92. The Morgan fingerprint density at radius 1 is 1.41 bits per heavy atom. The number of aromatic nitrogens is 1. The van der Waals surface area contributed by atoms with Crippen molar-refractivity contribution in [1.29, 1.82) is 0 Å². The number of hydrogen-bond acceptors (Lipinski definition) is 7. The summed E-state index contributed by atoms with van der Waals surface area (Å²) in [7, 11) is 0. The largest absolute Gasteiger partial charge is 0.477 e. The van der Waals surface area contributed by atoms with Gasteiger partial charge in [-0.1, -0.05) is 18.7 Å². The van der Waals surface area contributed by atoms with Crippen LogP contribution >= 0.6 is 23.1 Å². The van der Waals surface area contributed by atoms with Crippen molar-refractivity contribution in [3.8, 4) is 0 Å². The Hall–Kier alpha value is -2.17. The second-order valence-corrected chi connectivity index (χ2v) is 9.24. The van der Waals surface area contributed by atoms with E-state index in [2.05, 4.69) is 4.98 Å². The average molecular weight is 436 g/mol. The SMILES string of the molecule is C[C@@H](O)[C@H]1C(=O)N2C(C(=O)O)=C(S/C=C\c3scnc3C(=O)N3CCC3)[C@H](C)[C@H]12. The Bertz CT molecular complexity index is 934. The normalized spacial score (nSPS) is 27.1. The summed E-state index contributed by atoms with van der Waals surface area (Å²) in [5, 5.41) is 21.3. The molecule has 2 fully saturated rings. The fourth-order valence-corrected chi connectivity index (χ4v) is 5.81. The van der Waals surface area contributed by atoms with Gasteiger partial charge in [0.25, 0.3) is 5.91 Å². The van der Waals surface area contributed by atoms with Crippen LogP contribution < -0.4 is 0 Å². The Morgan fingerprint density at radius 3 is 2.72 bits per heavy atom. The molecule has 0 saturated carbocycles. The van der Waals surface area contributed by atoms with E-state index in [4.69, 9.17) is 0 Å². The second kappa shape index (κ2) is 7.58. The van der Waals surface area contributed by atoms with Crippen LogP contribution in [0.1, 0.15) is 35.6 Å². The molecule has 2 saturated heterocycles. The van der Waals surface area contributed by atoms with Gasteiger partial charge in [-0.05, 0) is 24.8 Å². The highest BCUT2D eigenvalue weighted by Crippen LogP contribution is 2.50. The van der Waals surface area contributed by atoms with E-state index in [1.807, 2.05) is 6.92 Å². The van der Waals surface area contributed by atoms with E-state index < -0.39 is 18.0 Å². The molecule has 1 aromatic rings. The third kappa shape index (κ3) is 3.19. The summed E-state index contributed by atoms with van der Waals surface area (Å²) in [4.78, 5) is 45.1. The van der Waals surface area contributed by atoms with Crippen molar-refractivity contribution in [2.24, 2.45) is 11.8 Å². The van der Waals surface area contributed by atoms with Gasteiger partial charge in [0.2, 0.25) is 5.91 Å². The molecule has 29 heavy (non-hydrogen) atoms. The summed E-state index contributed by atoms with van der Waals surface area (Å²) >= 11 is 2.59. The molecule has 4 rings (SSSR count). The van der Waals surface area contributed by atoms with Gasteiger partial charge in [-0.3, -0.25) is 9.59 Å². The molecule has 0 spiro atoms. The molecule has 4 atom stereocenters. The predicted octanol–water partition coefficient (Wildman–Crippen LogP) is 1.85. The highest BCUT2D eigenvalue weighted by Gasteiger charge is 2.59. The van der Waals surface area contributed by atoms with Crippen LogP contribution in [0.5, 0.6) is 0 Å². The second-order valence-electron chi connectivity index (χ2n) is 7.40. The van der Waals surface area contributed by atoms with Crippen molar-refractivity contribution in [1.82, 2.24) is 14.8 Å². The number of carbonyl (C=O) groups excluding carboxylic acids is 2. The molecule has 0 aliphatic carbocycles. The maximum atomic E-state index is 12.4. The van der Waals surface area contributed by atoms with E-state index >= 15 is 0 Å². The molecule has 4 heterocycles. The van der Waals surface area contributed by atoms with Gasteiger partial charge in [-0.2, -0.15) is 0 Å². The van der Waals surface area contributed by atoms with Crippen molar-refractivity contribution in [2.45, 2.75) is 32.4 Å². The van der Waals surface area contributed by atoms with Crippen LogP contribution in [-0.4, -0.2) is 68.0 Å². The molecule has 10 heteroatoms. The van der Waals surface area contributed by atoms with Gasteiger partial charge in [0, 0.05) is 23.9 Å². The monoisotopic (exact) mass is 435 g/mol. The van der Waals surface area contributed by atoms with Crippen molar-refractivity contribution in [2.75, 3.05) is 13.1 Å². The zero-order chi connectivity index (χ0) is 20.9. The van der Waals surface area contributed by atoms with E-state index in [-0.39, 0.29) is 29.5 Å². The molecule has 8 nitrogen and oxygen atoms in total. The summed E-state index contributed by atoms with van der Waals surface area (Å²) < 4.78 is 0. The number of aliphatic carboxylic acids is 1. The van der Waals surface area contributed by atoms with Gasteiger partial charge in [-0.25, -0.2) is 9.78 Å². The molecule has 2 N–H and O–H groups in total. The van der Waals surface area contributed by atoms with Crippen molar-refractivity contribution >= 4 is 47.0 Å². The first-order chi connectivity index (χ1) is 13.8. The van der Waals surface area contributed by atoms with Crippen LogP contribution in [0, 0.1) is 11.8 Å². The number of amides is 2. The number of carboxylic acid groups (broad SMARTS) is 1. The van der Waals surface area contributed by atoms with Crippen molar-refractivity contribution in [3.63, 3.8) is 0 Å². The van der Waals surface area contributed by atoms with Crippen LogP contribution in [0.4, 0.5) is 0 Å². The Balaban J connectivity index is 1.54. The standard InChI is InChI=1S/C19H21N3O5S2/c1-9-14-12(10(2)23)17(24)22(14)15(19(26)27)16(9)28-7-4-11-13(20-8-29-11)18(25)21-5-3-6-21/h4,7-10,12,14,23H,3,5-6H2,1-2H3,(H,26,27)/b7-4-/t9-,10-,12-,14-/m1/s1. The summed E-state index contributed by atoms with van der Waals surface area (Å²) in [5.74, 6) is -2.37. The van der Waals surface area contributed by atoms with E-state index in [1.54, 1.807) is 28.8 Å². The lowest BCUT2D eigenvalue weighted by atomic mass is 9.79. The van der Waals surface area contributed by atoms with E-state index in [0.29, 0.717) is 10.6 Å². The quantitative estimate of drug-likeness (QED) is 0.656. The third-order valence-electron chi connectivity index (χ3n) is 5.67. The molecule has 2 amide bonds. The van der Waals surface area contributed by atoms with Gasteiger partial charge < -0.3 is 20.0 Å². The Labute approximate surface area is 175 Å². The fourth-order valence-electron chi connectivity index (χ4n) is 4.05. The number of thiazole rings is 1. The zero-order valence-corrected chi connectivity index (χ0v) is 17.6. The van der Waals surface area contributed by atoms with Gasteiger partial charge in [0.1, 0.15) is 11.4 Å². The van der Waals surface area contributed by atoms with Gasteiger partial charge in [0.05, 0.1) is 28.5 Å². The number of hydrogen-bond donors (Lipinski definition) is 2. The van der Waals surface area contributed by atoms with Crippen molar-refractivity contribution in [3.05, 3.63) is 32.1 Å². The number of likely N-dealkylation sites (tertiary alicyclic amines) is 1. The third-order valence-corrected chi connectivity index (χ3v) is 7.55. The number of carboxylic acids is 1. The minimum absolute atomic E-state index is 0.0137. The van der Waals surface area contributed by atoms with Gasteiger partial charge in [-0.15, -0.1) is 11.3 Å². The molecule has 3 aliphatic rings. The summed E-state index contributed by atoms with van der Waals surface area (Å²) in [5.41, 5.74) is 2.02. The van der Waals surface area contributed by atoms with Crippen LogP contribution in [-0.2, 0) is 9.59 Å². The number of thioether (sulfide) groups is 1. The lowest BCUT2D eigenvalue weighted by molar-refractivity contribution is -0.163. The number of rotatable bonds is 6. The predicted molar refractivity (Wildman–Crippen MR) is 109 cm³/mol. The fraction of sp³-hybridized carbons (Fsp3) is 0.474. The first-order valence-electron chi connectivity index (χ1n) is 9.37. The minimum Gasteiger partial charge on any atom is -0.477 e. The van der Waals surface area contributed by atoms with Crippen LogP contribution in [0.2, 0.25) is 0 Å². The Morgan fingerprint density at radius 2 is 2.14 bits per heavy atom. The molecule has 0 unspecified atom stereocenters. The smallest absolute Gasteiger partial charge is 0.353 e. The molecular formula is C19H21N3O5S2. The molecule has 0 radical (unpaired) electrons. The number of carbonyl (C=O) groups is 3. The van der Waals surface area contributed by atoms with Crippen molar-refractivity contribution < 1.29 is 24.6 Å². The van der Waals surface area contributed by atoms with Gasteiger partial charge in [0.15, 0.2) is 0 Å². The molecule has 154 valence electrons. The first-order valence-corrected chi connectivity index (χ1v) is 11.1. The summed E-state index contributed by atoms with van der Waals surface area (Å²) in [6, 6.07) is -0.337. The van der Waals surface area contributed by atoms with Crippen LogP contribution in [0.3, 0.4) is 0 Å². The lowest BCUT2D eigenvalue weighted by Gasteiger charge is -2.46. The number of nitrogens with zero attached hydrogens (tertiary/aromatic N) is 3. The number of fused-ring (bicyclic) bond motifs is 1. The molecule has 0 bridgehead atoms. The van der Waals surface area contributed by atoms with Crippen LogP contribution in [0.25, 0.3) is 6.08 Å². The Kier molecular flexibility index (Phi) is 5.26. The lowest BCUT2D eigenvalue weighted by Crippen LogP contribution is -2.63. The topological polar surface area (TPSA) is 111 Å². The zero-order valence-electron chi connectivity index (χ0n) is 15.9. The maximum absolute atomic E-state index is 12.4. The van der Waals surface area contributed by atoms with Gasteiger partial charge >= 0.3 is 5.97 Å². The summed E-state index contributed by atoms with van der Waals surface area (Å²) in [6.07, 6.45) is 1.94. The van der Waals surface area contributed by atoms with E-state index in [9.17, 15) is 24.6 Å². The maximum Gasteiger partial charge on any atom is 0.353 e. The molecular weight excluding hydrogens is 414 g/mol. The van der Waals surface area contributed by atoms with E-state index in [0.717, 1.165) is 24.4 Å².